The fourth-order valence-corrected chi connectivity index (χ4v) is 4.67. The van der Waals surface area contributed by atoms with Crippen molar-refractivity contribution >= 4 is 5.91 Å². The van der Waals surface area contributed by atoms with Crippen molar-refractivity contribution in [2.24, 2.45) is 5.92 Å². The number of fused-ring (bicyclic) bond motifs is 1. The molecule has 4 nitrogen and oxygen atoms in total. The molecule has 0 spiro atoms. The second-order valence-corrected chi connectivity index (χ2v) is 7.52. The highest BCUT2D eigenvalue weighted by Crippen LogP contribution is 2.30. The molecule has 24 heavy (non-hydrogen) atoms. The van der Waals surface area contributed by atoms with Gasteiger partial charge in [0.2, 0.25) is 5.91 Å². The Morgan fingerprint density at radius 1 is 1.21 bits per heavy atom. The van der Waals surface area contributed by atoms with Crippen molar-refractivity contribution in [1.82, 2.24) is 4.90 Å². The molecule has 1 amide bonds. The second kappa shape index (κ2) is 6.85. The van der Waals surface area contributed by atoms with Crippen LogP contribution in [0.15, 0.2) is 18.2 Å². The van der Waals surface area contributed by atoms with Gasteiger partial charge >= 0.3 is 0 Å². The standard InChI is InChI=1S/C20H27NO3/c22-19-8-10-24-13-17(19)18-5-2-9-21(18)20(23)12-14-6-7-15-3-1-4-16(15)11-14/h6-7,11,17-19,22H,1-5,8-10,12-13H2/t17-,18+,19-/m0/s1. The molecule has 2 heterocycles. The van der Waals surface area contributed by atoms with Crippen LogP contribution in [0.5, 0.6) is 0 Å². The van der Waals surface area contributed by atoms with Gasteiger partial charge in [-0.05, 0) is 55.2 Å². The van der Waals surface area contributed by atoms with Gasteiger partial charge in [0.1, 0.15) is 0 Å². The summed E-state index contributed by atoms with van der Waals surface area (Å²) in [5.41, 5.74) is 4.01. The van der Waals surface area contributed by atoms with E-state index in [0.29, 0.717) is 26.1 Å². The quantitative estimate of drug-likeness (QED) is 0.924. The first-order valence-corrected chi connectivity index (χ1v) is 9.38. The molecular formula is C20H27NO3. The largest absolute Gasteiger partial charge is 0.393 e. The molecule has 2 aliphatic heterocycles. The maximum absolute atomic E-state index is 12.9. The third-order valence-electron chi connectivity index (χ3n) is 5.99. The van der Waals surface area contributed by atoms with Gasteiger partial charge in [0.15, 0.2) is 0 Å². The Labute approximate surface area is 143 Å². The van der Waals surface area contributed by atoms with Crippen LogP contribution < -0.4 is 0 Å². The first kappa shape index (κ1) is 16.1. The molecule has 2 saturated heterocycles. The molecule has 0 saturated carbocycles. The van der Waals surface area contributed by atoms with Crippen LogP contribution in [0.1, 0.15) is 42.4 Å². The van der Waals surface area contributed by atoms with Crippen molar-refractivity contribution in [3.63, 3.8) is 0 Å². The molecule has 0 bridgehead atoms. The van der Waals surface area contributed by atoms with E-state index in [4.69, 9.17) is 4.74 Å². The number of aliphatic hydroxyl groups is 1. The Balaban J connectivity index is 1.45. The highest BCUT2D eigenvalue weighted by atomic mass is 16.5. The summed E-state index contributed by atoms with van der Waals surface area (Å²) in [6, 6.07) is 6.68. The second-order valence-electron chi connectivity index (χ2n) is 7.52. The van der Waals surface area contributed by atoms with Crippen molar-refractivity contribution in [2.45, 2.75) is 57.1 Å². The summed E-state index contributed by atoms with van der Waals surface area (Å²) in [5.74, 6) is 0.276. The van der Waals surface area contributed by atoms with Gasteiger partial charge in [-0.2, -0.15) is 0 Å². The molecule has 1 N–H and O–H groups in total. The topological polar surface area (TPSA) is 49.8 Å². The van der Waals surface area contributed by atoms with E-state index in [2.05, 4.69) is 18.2 Å². The molecule has 1 aliphatic carbocycles. The van der Waals surface area contributed by atoms with Gasteiger partial charge in [0, 0.05) is 25.1 Å². The molecule has 2 fully saturated rings. The SMILES string of the molecule is O=C(Cc1ccc2c(c1)CCC2)N1CCC[C@@H]1[C@@H]1COCC[C@@H]1O. The third kappa shape index (κ3) is 3.09. The highest BCUT2D eigenvalue weighted by molar-refractivity contribution is 5.79. The smallest absolute Gasteiger partial charge is 0.227 e. The molecule has 4 heteroatoms. The molecular weight excluding hydrogens is 302 g/mol. The number of nitrogens with zero attached hydrogens (tertiary/aromatic N) is 1. The Bertz CT molecular complexity index is 615. The van der Waals surface area contributed by atoms with E-state index < -0.39 is 0 Å². The van der Waals surface area contributed by atoms with E-state index in [9.17, 15) is 9.90 Å². The number of likely N-dealkylation sites (tertiary alicyclic amines) is 1. The first-order valence-electron chi connectivity index (χ1n) is 9.38. The summed E-state index contributed by atoms with van der Waals surface area (Å²) in [4.78, 5) is 14.9. The van der Waals surface area contributed by atoms with Crippen molar-refractivity contribution in [1.29, 1.82) is 0 Å². The Hall–Kier alpha value is -1.39. The van der Waals surface area contributed by atoms with Crippen molar-refractivity contribution in [3.05, 3.63) is 34.9 Å². The number of amides is 1. The Morgan fingerprint density at radius 3 is 2.96 bits per heavy atom. The number of carbonyl (C=O) groups excluding carboxylic acids is 1. The molecule has 0 unspecified atom stereocenters. The average molecular weight is 329 g/mol. The van der Waals surface area contributed by atoms with Crippen LogP contribution in [-0.4, -0.2) is 47.8 Å². The fourth-order valence-electron chi connectivity index (χ4n) is 4.67. The zero-order chi connectivity index (χ0) is 16.5. The minimum absolute atomic E-state index is 0.0743. The minimum Gasteiger partial charge on any atom is -0.393 e. The summed E-state index contributed by atoms with van der Waals surface area (Å²) in [6.07, 6.45) is 6.41. The number of aliphatic hydroxyl groups excluding tert-OH is 1. The van der Waals surface area contributed by atoms with Crippen LogP contribution in [0.2, 0.25) is 0 Å². The van der Waals surface area contributed by atoms with Crippen molar-refractivity contribution in [3.8, 4) is 0 Å². The summed E-state index contributed by atoms with van der Waals surface area (Å²) in [5, 5.41) is 10.3. The van der Waals surface area contributed by atoms with E-state index in [0.717, 1.165) is 31.4 Å². The lowest BCUT2D eigenvalue weighted by Gasteiger charge is -2.37. The number of carbonyl (C=O) groups is 1. The van der Waals surface area contributed by atoms with E-state index in [1.165, 1.54) is 24.0 Å². The van der Waals surface area contributed by atoms with Crippen LogP contribution in [0, 0.1) is 5.92 Å². The highest BCUT2D eigenvalue weighted by Gasteiger charge is 2.39. The van der Waals surface area contributed by atoms with Gasteiger partial charge < -0.3 is 14.7 Å². The molecule has 0 radical (unpaired) electrons. The van der Waals surface area contributed by atoms with Crippen LogP contribution in [-0.2, 0) is 28.8 Å². The predicted molar refractivity (Wildman–Crippen MR) is 91.8 cm³/mol. The van der Waals surface area contributed by atoms with Crippen LogP contribution in [0.3, 0.4) is 0 Å². The van der Waals surface area contributed by atoms with Crippen molar-refractivity contribution in [2.75, 3.05) is 19.8 Å². The number of aryl methyl sites for hydroxylation is 2. The Morgan fingerprint density at radius 2 is 2.08 bits per heavy atom. The molecule has 1 aromatic carbocycles. The van der Waals surface area contributed by atoms with Crippen LogP contribution in [0.4, 0.5) is 0 Å². The molecule has 3 atom stereocenters. The molecule has 1 aromatic rings. The number of rotatable bonds is 3. The summed E-state index contributed by atoms with van der Waals surface area (Å²) in [7, 11) is 0. The van der Waals surface area contributed by atoms with Gasteiger partial charge in [-0.25, -0.2) is 0 Å². The number of ether oxygens (including phenoxy) is 1. The summed E-state index contributed by atoms with van der Waals surface area (Å²) in [6.45, 7) is 2.03. The number of benzene rings is 1. The fraction of sp³-hybridized carbons (Fsp3) is 0.650. The van der Waals surface area contributed by atoms with Crippen molar-refractivity contribution < 1.29 is 14.6 Å². The summed E-state index contributed by atoms with van der Waals surface area (Å²) < 4.78 is 5.56. The first-order chi connectivity index (χ1) is 11.7. The van der Waals surface area contributed by atoms with E-state index >= 15 is 0 Å². The zero-order valence-electron chi connectivity index (χ0n) is 14.2. The lowest BCUT2D eigenvalue weighted by molar-refractivity contribution is -0.135. The van der Waals surface area contributed by atoms with Gasteiger partial charge in [-0.1, -0.05) is 18.2 Å². The Kier molecular flexibility index (Phi) is 4.59. The van der Waals surface area contributed by atoms with E-state index in [-0.39, 0.29) is 24.0 Å². The maximum Gasteiger partial charge on any atom is 0.227 e. The number of hydrogen-bond donors (Lipinski definition) is 1. The molecule has 130 valence electrons. The van der Waals surface area contributed by atoms with E-state index in [1.54, 1.807) is 0 Å². The van der Waals surface area contributed by atoms with Gasteiger partial charge in [-0.3, -0.25) is 4.79 Å². The maximum atomic E-state index is 12.9. The zero-order valence-corrected chi connectivity index (χ0v) is 14.2. The third-order valence-corrected chi connectivity index (χ3v) is 5.99. The van der Waals surface area contributed by atoms with Gasteiger partial charge in [-0.15, -0.1) is 0 Å². The molecule has 3 aliphatic rings. The van der Waals surface area contributed by atoms with E-state index in [1.807, 2.05) is 4.90 Å². The summed E-state index contributed by atoms with van der Waals surface area (Å²) >= 11 is 0. The van der Waals surface area contributed by atoms with Crippen LogP contribution in [0.25, 0.3) is 0 Å². The molecule has 4 rings (SSSR count). The predicted octanol–water partition coefficient (Wildman–Crippen LogP) is 2.11. The van der Waals surface area contributed by atoms with Crippen LogP contribution >= 0.6 is 0 Å². The van der Waals surface area contributed by atoms with Gasteiger partial charge in [0.05, 0.1) is 19.1 Å². The number of hydrogen-bond acceptors (Lipinski definition) is 3. The lowest BCUT2D eigenvalue weighted by atomic mass is 9.89. The van der Waals surface area contributed by atoms with Gasteiger partial charge in [0.25, 0.3) is 0 Å². The monoisotopic (exact) mass is 329 g/mol. The lowest BCUT2D eigenvalue weighted by Crippen LogP contribution is -2.48. The average Bonchev–Trinajstić information content (AvgIpc) is 3.24. The normalized spacial score (nSPS) is 29.7. The molecule has 0 aromatic heterocycles. The minimum atomic E-state index is -0.336.